The minimum Gasteiger partial charge on any atom is -0.481 e. The lowest BCUT2D eigenvalue weighted by Gasteiger charge is -2.16. The molecular weight excluding hydrogens is 194 g/mol. The van der Waals surface area contributed by atoms with Gasteiger partial charge in [-0.25, -0.2) is 0 Å². The third-order valence-corrected chi connectivity index (χ3v) is 2.50. The van der Waals surface area contributed by atoms with Crippen molar-refractivity contribution in [3.8, 4) is 0 Å². The largest absolute Gasteiger partial charge is 0.481 e. The number of carboxylic acids is 1. The molecule has 1 aliphatic carbocycles. The molecule has 0 aromatic rings. The second-order valence-electron chi connectivity index (χ2n) is 3.40. The molecule has 2 N–H and O–H groups in total. The number of carbonyl (C=O) groups is 2. The Hall–Kier alpha value is -1.06. The van der Waals surface area contributed by atoms with Gasteiger partial charge in [-0.1, -0.05) is 27.2 Å². The van der Waals surface area contributed by atoms with Gasteiger partial charge in [0, 0.05) is 12.5 Å². The number of hydrogen-bond acceptors (Lipinski definition) is 2. The van der Waals surface area contributed by atoms with Gasteiger partial charge in [0.25, 0.3) is 0 Å². The molecule has 1 amide bonds. The van der Waals surface area contributed by atoms with Crippen LogP contribution in [-0.2, 0) is 9.59 Å². The summed E-state index contributed by atoms with van der Waals surface area (Å²) in [5, 5.41) is 11.6. The van der Waals surface area contributed by atoms with Crippen molar-refractivity contribution in [2.45, 2.75) is 52.5 Å². The van der Waals surface area contributed by atoms with Gasteiger partial charge < -0.3 is 10.4 Å². The van der Waals surface area contributed by atoms with E-state index in [9.17, 15) is 9.59 Å². The Labute approximate surface area is 91.1 Å². The van der Waals surface area contributed by atoms with Crippen LogP contribution in [0.3, 0.4) is 0 Å². The van der Waals surface area contributed by atoms with Gasteiger partial charge in [-0.05, 0) is 12.8 Å². The van der Waals surface area contributed by atoms with E-state index in [0.717, 1.165) is 12.8 Å². The van der Waals surface area contributed by atoms with E-state index in [1.54, 1.807) is 6.92 Å². The molecule has 0 bridgehead atoms. The molecular formula is C11H21NO3. The van der Waals surface area contributed by atoms with Crippen molar-refractivity contribution < 1.29 is 14.7 Å². The van der Waals surface area contributed by atoms with E-state index in [1.807, 2.05) is 13.8 Å². The first-order valence-corrected chi connectivity index (χ1v) is 5.67. The van der Waals surface area contributed by atoms with Crippen LogP contribution in [0.2, 0.25) is 0 Å². The van der Waals surface area contributed by atoms with Crippen LogP contribution in [0.4, 0.5) is 0 Å². The van der Waals surface area contributed by atoms with Crippen LogP contribution in [0.15, 0.2) is 0 Å². The van der Waals surface area contributed by atoms with Gasteiger partial charge in [0.2, 0.25) is 5.91 Å². The average molecular weight is 215 g/mol. The summed E-state index contributed by atoms with van der Waals surface area (Å²) in [6, 6.07) is -0.148. The summed E-state index contributed by atoms with van der Waals surface area (Å²) < 4.78 is 0. The minimum absolute atomic E-state index is 0.0573. The molecule has 1 fully saturated rings. The predicted molar refractivity (Wildman–Crippen MR) is 58.5 cm³/mol. The van der Waals surface area contributed by atoms with Crippen molar-refractivity contribution in [3.05, 3.63) is 0 Å². The lowest BCUT2D eigenvalue weighted by molar-refractivity contribution is -0.142. The Morgan fingerprint density at radius 2 is 1.93 bits per heavy atom. The lowest BCUT2D eigenvalue weighted by Crippen LogP contribution is -2.39. The number of amides is 1. The van der Waals surface area contributed by atoms with Crippen LogP contribution in [0.5, 0.6) is 0 Å². The summed E-state index contributed by atoms with van der Waals surface area (Å²) in [6.45, 7) is 5.76. The van der Waals surface area contributed by atoms with Crippen molar-refractivity contribution in [2.24, 2.45) is 5.92 Å². The van der Waals surface area contributed by atoms with E-state index in [-0.39, 0.29) is 17.9 Å². The van der Waals surface area contributed by atoms with Crippen molar-refractivity contribution in [2.75, 3.05) is 0 Å². The Balaban J connectivity index is 0.000000921. The Kier molecular flexibility index (Phi) is 6.75. The number of aliphatic carboxylic acids is 1. The molecule has 4 nitrogen and oxygen atoms in total. The van der Waals surface area contributed by atoms with Crippen LogP contribution in [0, 0.1) is 5.92 Å². The summed E-state index contributed by atoms with van der Waals surface area (Å²) in [5.41, 5.74) is 0. The van der Waals surface area contributed by atoms with Crippen molar-refractivity contribution >= 4 is 11.9 Å². The normalized spacial score (nSPS) is 23.9. The maximum Gasteiger partial charge on any atom is 0.308 e. The summed E-state index contributed by atoms with van der Waals surface area (Å²) in [5.74, 6) is -1.23. The van der Waals surface area contributed by atoms with Gasteiger partial charge in [0.15, 0.2) is 0 Å². The third-order valence-electron chi connectivity index (χ3n) is 2.50. The molecule has 88 valence electrons. The lowest BCUT2D eigenvalue weighted by atomic mass is 10.0. The van der Waals surface area contributed by atoms with Crippen LogP contribution >= 0.6 is 0 Å². The Morgan fingerprint density at radius 1 is 1.33 bits per heavy atom. The Bertz CT molecular complexity index is 216. The molecule has 0 saturated heterocycles. The molecule has 0 heterocycles. The van der Waals surface area contributed by atoms with Crippen LogP contribution in [-0.4, -0.2) is 23.0 Å². The molecule has 1 saturated carbocycles. The highest BCUT2D eigenvalue weighted by Crippen LogP contribution is 2.25. The minimum atomic E-state index is -0.793. The fourth-order valence-electron chi connectivity index (χ4n) is 1.74. The zero-order valence-electron chi connectivity index (χ0n) is 9.75. The first-order valence-electron chi connectivity index (χ1n) is 5.67. The molecule has 0 aromatic carbocycles. The molecule has 2 unspecified atom stereocenters. The van der Waals surface area contributed by atoms with E-state index < -0.39 is 5.97 Å². The third kappa shape index (κ3) is 4.32. The molecule has 2 atom stereocenters. The van der Waals surface area contributed by atoms with E-state index in [4.69, 9.17) is 5.11 Å². The molecule has 0 aromatic heterocycles. The molecule has 1 aliphatic rings. The predicted octanol–water partition coefficient (Wildman–Crippen LogP) is 1.79. The standard InChI is InChI=1S/C9H15NO3.C2H6/c1-2-8(11)10-7-5-3-4-6(7)9(12)13;1-2/h6-7H,2-5H2,1H3,(H,10,11)(H,12,13);1-2H3. The number of carboxylic acid groups (broad SMARTS) is 1. The molecule has 0 radical (unpaired) electrons. The highest BCUT2D eigenvalue weighted by atomic mass is 16.4. The van der Waals surface area contributed by atoms with Gasteiger partial charge in [0.05, 0.1) is 5.92 Å². The van der Waals surface area contributed by atoms with Crippen molar-refractivity contribution in [1.29, 1.82) is 0 Å². The number of hydrogen-bond donors (Lipinski definition) is 2. The SMILES string of the molecule is CC.CCC(=O)NC1CCCC1C(=O)O. The molecule has 0 spiro atoms. The second kappa shape index (κ2) is 7.26. The van der Waals surface area contributed by atoms with Gasteiger partial charge in [-0.15, -0.1) is 0 Å². The van der Waals surface area contributed by atoms with E-state index in [0.29, 0.717) is 12.8 Å². The van der Waals surface area contributed by atoms with Crippen LogP contribution in [0.1, 0.15) is 46.5 Å². The monoisotopic (exact) mass is 215 g/mol. The van der Waals surface area contributed by atoms with Crippen LogP contribution < -0.4 is 5.32 Å². The molecule has 1 rings (SSSR count). The number of carbonyl (C=O) groups excluding carboxylic acids is 1. The quantitative estimate of drug-likeness (QED) is 0.754. The molecule has 15 heavy (non-hydrogen) atoms. The topological polar surface area (TPSA) is 66.4 Å². The van der Waals surface area contributed by atoms with Crippen LogP contribution in [0.25, 0.3) is 0 Å². The second-order valence-corrected chi connectivity index (χ2v) is 3.40. The Morgan fingerprint density at radius 3 is 2.40 bits per heavy atom. The fourth-order valence-corrected chi connectivity index (χ4v) is 1.74. The van der Waals surface area contributed by atoms with E-state index in [1.165, 1.54) is 0 Å². The highest BCUT2D eigenvalue weighted by Gasteiger charge is 2.33. The number of nitrogens with one attached hydrogen (secondary N) is 1. The van der Waals surface area contributed by atoms with Gasteiger partial charge >= 0.3 is 5.97 Å². The maximum atomic E-state index is 11.0. The average Bonchev–Trinajstić information content (AvgIpc) is 2.69. The summed E-state index contributed by atoms with van der Waals surface area (Å²) in [6.07, 6.45) is 2.79. The maximum absolute atomic E-state index is 11.0. The highest BCUT2D eigenvalue weighted by molar-refractivity contribution is 5.78. The first-order chi connectivity index (χ1) is 7.15. The first kappa shape index (κ1) is 13.9. The fraction of sp³-hybridized carbons (Fsp3) is 0.818. The summed E-state index contributed by atoms with van der Waals surface area (Å²) in [7, 11) is 0. The molecule has 0 aliphatic heterocycles. The summed E-state index contributed by atoms with van der Waals surface area (Å²) in [4.78, 5) is 21.8. The van der Waals surface area contributed by atoms with E-state index >= 15 is 0 Å². The zero-order valence-corrected chi connectivity index (χ0v) is 9.75. The van der Waals surface area contributed by atoms with E-state index in [2.05, 4.69) is 5.32 Å². The van der Waals surface area contributed by atoms with Gasteiger partial charge in [-0.3, -0.25) is 9.59 Å². The zero-order chi connectivity index (χ0) is 11.8. The smallest absolute Gasteiger partial charge is 0.308 e. The van der Waals surface area contributed by atoms with Crippen molar-refractivity contribution in [1.82, 2.24) is 5.32 Å². The van der Waals surface area contributed by atoms with Gasteiger partial charge in [0.1, 0.15) is 0 Å². The van der Waals surface area contributed by atoms with Gasteiger partial charge in [-0.2, -0.15) is 0 Å². The molecule has 4 heteroatoms. The van der Waals surface area contributed by atoms with Crippen molar-refractivity contribution in [3.63, 3.8) is 0 Å². The summed E-state index contributed by atoms with van der Waals surface area (Å²) >= 11 is 0. The number of rotatable bonds is 3.